The van der Waals surface area contributed by atoms with Gasteiger partial charge in [-0.3, -0.25) is 0 Å². The first-order chi connectivity index (χ1) is 7.56. The number of hydrogen-bond donors (Lipinski definition) is 3. The van der Waals surface area contributed by atoms with Crippen molar-refractivity contribution in [3.63, 3.8) is 0 Å². The second-order valence-electron chi connectivity index (χ2n) is 3.16. The van der Waals surface area contributed by atoms with Crippen molar-refractivity contribution in [2.45, 2.75) is 6.10 Å². The SMILES string of the molecule is O=C(O)c1c(F)cccc1NCC(O)CCl. The van der Waals surface area contributed by atoms with Crippen LogP contribution in [0.4, 0.5) is 10.1 Å². The number of nitrogens with one attached hydrogen (secondary N) is 1. The quantitative estimate of drug-likeness (QED) is 0.691. The first kappa shape index (κ1) is 12.7. The molecule has 0 heterocycles. The average molecular weight is 248 g/mol. The first-order valence-corrected chi connectivity index (χ1v) is 5.09. The second-order valence-corrected chi connectivity index (χ2v) is 3.47. The summed E-state index contributed by atoms with van der Waals surface area (Å²) in [5, 5.41) is 20.6. The van der Waals surface area contributed by atoms with E-state index in [0.29, 0.717) is 0 Å². The molecule has 1 aromatic rings. The number of carboxylic acids is 1. The third-order valence-corrected chi connectivity index (χ3v) is 2.29. The minimum atomic E-state index is -1.36. The molecule has 4 nitrogen and oxygen atoms in total. The van der Waals surface area contributed by atoms with Gasteiger partial charge in [-0.05, 0) is 12.1 Å². The molecule has 1 rings (SSSR count). The largest absolute Gasteiger partial charge is 0.478 e. The zero-order valence-corrected chi connectivity index (χ0v) is 9.04. The molecule has 0 amide bonds. The molecule has 16 heavy (non-hydrogen) atoms. The highest BCUT2D eigenvalue weighted by atomic mass is 35.5. The van der Waals surface area contributed by atoms with Gasteiger partial charge in [-0.15, -0.1) is 11.6 Å². The molecule has 0 radical (unpaired) electrons. The van der Waals surface area contributed by atoms with Gasteiger partial charge in [0, 0.05) is 6.54 Å². The summed E-state index contributed by atoms with van der Waals surface area (Å²) in [6, 6.07) is 3.87. The molecular formula is C10H11ClFNO3. The Kier molecular flexibility index (Phi) is 4.52. The zero-order valence-electron chi connectivity index (χ0n) is 8.28. The molecule has 0 bridgehead atoms. The minimum Gasteiger partial charge on any atom is -0.478 e. The molecule has 0 aliphatic heterocycles. The summed E-state index contributed by atoms with van der Waals surface area (Å²) >= 11 is 5.37. The van der Waals surface area contributed by atoms with E-state index in [1.807, 2.05) is 0 Å². The molecule has 1 atom stereocenters. The molecule has 0 fully saturated rings. The van der Waals surface area contributed by atoms with Crippen molar-refractivity contribution in [3.05, 3.63) is 29.6 Å². The molecule has 1 aromatic carbocycles. The van der Waals surface area contributed by atoms with Gasteiger partial charge in [0.2, 0.25) is 0 Å². The van der Waals surface area contributed by atoms with E-state index in [-0.39, 0.29) is 18.1 Å². The predicted molar refractivity (Wildman–Crippen MR) is 58.6 cm³/mol. The van der Waals surface area contributed by atoms with Crippen LogP contribution >= 0.6 is 11.6 Å². The summed E-state index contributed by atoms with van der Waals surface area (Å²) in [5.74, 6) is -2.16. The Labute approximate surface area is 96.7 Å². The number of halogens is 2. The van der Waals surface area contributed by atoms with E-state index in [0.717, 1.165) is 6.07 Å². The number of alkyl halides is 1. The van der Waals surface area contributed by atoms with Gasteiger partial charge in [-0.2, -0.15) is 0 Å². The topological polar surface area (TPSA) is 69.6 Å². The molecule has 0 saturated heterocycles. The summed E-state index contributed by atoms with van der Waals surface area (Å²) in [5.41, 5.74) is -0.319. The summed E-state index contributed by atoms with van der Waals surface area (Å²) in [4.78, 5) is 10.8. The predicted octanol–water partition coefficient (Wildman–Crippen LogP) is 1.54. The fourth-order valence-electron chi connectivity index (χ4n) is 1.17. The van der Waals surface area contributed by atoms with Crippen molar-refractivity contribution < 1.29 is 19.4 Å². The van der Waals surface area contributed by atoms with Crippen LogP contribution in [0.2, 0.25) is 0 Å². The van der Waals surface area contributed by atoms with Gasteiger partial charge in [0.25, 0.3) is 0 Å². The van der Waals surface area contributed by atoms with E-state index >= 15 is 0 Å². The van der Waals surface area contributed by atoms with Crippen LogP contribution in [-0.4, -0.2) is 34.7 Å². The standard InChI is InChI=1S/C10H11ClFNO3/c11-4-6(14)5-13-8-3-1-2-7(12)9(8)10(15)16/h1-3,6,13-14H,4-5H2,(H,15,16). The molecule has 1 unspecified atom stereocenters. The lowest BCUT2D eigenvalue weighted by Crippen LogP contribution is -2.22. The number of anilines is 1. The van der Waals surface area contributed by atoms with Gasteiger partial charge < -0.3 is 15.5 Å². The maximum absolute atomic E-state index is 13.2. The summed E-state index contributed by atoms with van der Waals surface area (Å²) in [6.07, 6.45) is -0.813. The van der Waals surface area contributed by atoms with E-state index in [4.69, 9.17) is 16.7 Å². The van der Waals surface area contributed by atoms with E-state index < -0.39 is 23.5 Å². The Balaban J connectivity index is 2.87. The lowest BCUT2D eigenvalue weighted by Gasteiger charge is -2.12. The number of aliphatic hydroxyl groups excluding tert-OH is 1. The highest BCUT2D eigenvalue weighted by molar-refractivity contribution is 6.18. The fraction of sp³-hybridized carbons (Fsp3) is 0.300. The summed E-state index contributed by atoms with van der Waals surface area (Å²) in [6.45, 7) is 0.0627. The molecule has 0 aromatic heterocycles. The number of carboxylic acid groups (broad SMARTS) is 1. The molecule has 0 aliphatic carbocycles. The van der Waals surface area contributed by atoms with Crippen LogP contribution in [-0.2, 0) is 0 Å². The average Bonchev–Trinajstić information content (AvgIpc) is 2.25. The number of carbonyl (C=O) groups is 1. The molecule has 0 aliphatic rings. The van der Waals surface area contributed by atoms with Crippen molar-refractivity contribution >= 4 is 23.3 Å². The molecular weight excluding hydrogens is 237 g/mol. The smallest absolute Gasteiger partial charge is 0.340 e. The van der Waals surface area contributed by atoms with Crippen LogP contribution in [0.15, 0.2) is 18.2 Å². The number of hydrogen-bond acceptors (Lipinski definition) is 3. The molecule has 3 N–H and O–H groups in total. The highest BCUT2D eigenvalue weighted by Crippen LogP contribution is 2.18. The van der Waals surface area contributed by atoms with Gasteiger partial charge in [0.05, 0.1) is 17.7 Å². The van der Waals surface area contributed by atoms with Crippen molar-refractivity contribution in [3.8, 4) is 0 Å². The van der Waals surface area contributed by atoms with E-state index in [9.17, 15) is 14.3 Å². The molecule has 0 saturated carbocycles. The van der Waals surface area contributed by atoms with E-state index in [2.05, 4.69) is 5.32 Å². The highest BCUT2D eigenvalue weighted by Gasteiger charge is 2.15. The van der Waals surface area contributed by atoms with Gasteiger partial charge >= 0.3 is 5.97 Å². The maximum atomic E-state index is 13.2. The summed E-state index contributed by atoms with van der Waals surface area (Å²) in [7, 11) is 0. The normalized spacial score (nSPS) is 12.2. The Morgan fingerprint density at radius 2 is 2.25 bits per heavy atom. The zero-order chi connectivity index (χ0) is 12.1. The van der Waals surface area contributed by atoms with Crippen molar-refractivity contribution in [2.24, 2.45) is 0 Å². The molecule has 0 spiro atoms. The van der Waals surface area contributed by atoms with Gasteiger partial charge in [-0.25, -0.2) is 9.18 Å². The third kappa shape index (κ3) is 3.08. The first-order valence-electron chi connectivity index (χ1n) is 4.56. The monoisotopic (exact) mass is 247 g/mol. The number of benzene rings is 1. The van der Waals surface area contributed by atoms with Crippen LogP contribution in [0, 0.1) is 5.82 Å². The van der Waals surface area contributed by atoms with Gasteiger partial charge in [0.1, 0.15) is 11.4 Å². The lowest BCUT2D eigenvalue weighted by atomic mass is 10.1. The van der Waals surface area contributed by atoms with E-state index in [1.54, 1.807) is 0 Å². The molecule has 6 heteroatoms. The maximum Gasteiger partial charge on any atom is 0.340 e. The summed E-state index contributed by atoms with van der Waals surface area (Å²) < 4.78 is 13.2. The molecule has 88 valence electrons. The van der Waals surface area contributed by atoms with Crippen molar-refractivity contribution in [2.75, 3.05) is 17.7 Å². The Morgan fingerprint density at radius 3 is 2.81 bits per heavy atom. The minimum absolute atomic E-state index is 0.0186. The van der Waals surface area contributed by atoms with Crippen LogP contribution < -0.4 is 5.32 Å². The van der Waals surface area contributed by atoms with Crippen molar-refractivity contribution in [1.29, 1.82) is 0 Å². The van der Waals surface area contributed by atoms with Crippen LogP contribution in [0.3, 0.4) is 0 Å². The van der Waals surface area contributed by atoms with Crippen LogP contribution in [0.5, 0.6) is 0 Å². The van der Waals surface area contributed by atoms with Crippen LogP contribution in [0.1, 0.15) is 10.4 Å². The van der Waals surface area contributed by atoms with Crippen LogP contribution in [0.25, 0.3) is 0 Å². The fourth-order valence-corrected chi connectivity index (χ4v) is 1.28. The number of rotatable bonds is 5. The Hall–Kier alpha value is -1.33. The van der Waals surface area contributed by atoms with Gasteiger partial charge in [0.15, 0.2) is 0 Å². The third-order valence-electron chi connectivity index (χ3n) is 1.93. The Morgan fingerprint density at radius 1 is 1.56 bits per heavy atom. The van der Waals surface area contributed by atoms with Gasteiger partial charge in [-0.1, -0.05) is 6.07 Å². The van der Waals surface area contributed by atoms with E-state index in [1.165, 1.54) is 12.1 Å². The second kappa shape index (κ2) is 5.67. The Bertz CT molecular complexity index is 386. The number of aliphatic hydroxyl groups is 1. The lowest BCUT2D eigenvalue weighted by molar-refractivity contribution is 0.0693. The van der Waals surface area contributed by atoms with Crippen molar-refractivity contribution in [1.82, 2.24) is 0 Å². The number of aromatic carboxylic acids is 1.